The summed E-state index contributed by atoms with van der Waals surface area (Å²) in [5.74, 6) is -1.83. The van der Waals surface area contributed by atoms with Gasteiger partial charge in [0.2, 0.25) is 5.91 Å². The van der Waals surface area contributed by atoms with E-state index >= 15 is 0 Å². The molecule has 6 nitrogen and oxygen atoms in total. The van der Waals surface area contributed by atoms with E-state index in [-0.39, 0.29) is 12.8 Å². The highest BCUT2D eigenvalue weighted by molar-refractivity contribution is 7.80. The molecule has 1 saturated carbocycles. The van der Waals surface area contributed by atoms with Crippen molar-refractivity contribution in [2.24, 2.45) is 5.73 Å². The van der Waals surface area contributed by atoms with Crippen LogP contribution in [-0.4, -0.2) is 29.1 Å². The van der Waals surface area contributed by atoms with Crippen LogP contribution in [0, 0.1) is 0 Å². The van der Waals surface area contributed by atoms with Crippen molar-refractivity contribution < 1.29 is 14.7 Å². The van der Waals surface area contributed by atoms with Gasteiger partial charge in [0, 0.05) is 12.5 Å². The molecule has 0 aromatic rings. The highest BCUT2D eigenvalue weighted by atomic mass is 32.1. The molecular formula is C12H20N3O3S-. The molecule has 1 fully saturated rings. The summed E-state index contributed by atoms with van der Waals surface area (Å²) >= 11 is 5.08. The van der Waals surface area contributed by atoms with Gasteiger partial charge in [-0.1, -0.05) is 19.3 Å². The fraction of sp³-hybridized carbons (Fsp3) is 0.750. The molecule has 1 rings (SSSR count). The molecule has 0 bridgehead atoms. The number of nitrogens with two attached hydrogens (primary N) is 1. The molecule has 0 heterocycles. The van der Waals surface area contributed by atoms with Gasteiger partial charge < -0.3 is 26.3 Å². The standard InChI is InChI=1S/C12H21N3O3S/c13-10(16)7-6-9(11(17)18)15-12(19)14-8-4-2-1-3-5-8/h8-9H,1-7H2,(H2,13,16)(H,17,18)(H2,14,15,19)/p-1/t9-/m1/s1. The Morgan fingerprint density at radius 1 is 1.32 bits per heavy atom. The van der Waals surface area contributed by atoms with E-state index in [9.17, 15) is 14.7 Å². The first kappa shape index (κ1) is 15.7. The average Bonchev–Trinajstić information content (AvgIpc) is 2.35. The van der Waals surface area contributed by atoms with Gasteiger partial charge in [-0.25, -0.2) is 0 Å². The van der Waals surface area contributed by atoms with Crippen molar-refractivity contribution >= 4 is 29.2 Å². The Hall–Kier alpha value is -1.37. The van der Waals surface area contributed by atoms with Crippen LogP contribution in [0.2, 0.25) is 0 Å². The van der Waals surface area contributed by atoms with Gasteiger partial charge in [-0.05, 0) is 31.5 Å². The minimum Gasteiger partial charge on any atom is -0.548 e. The van der Waals surface area contributed by atoms with Gasteiger partial charge in [0.1, 0.15) is 0 Å². The highest BCUT2D eigenvalue weighted by Crippen LogP contribution is 2.17. The second-order valence-electron chi connectivity index (χ2n) is 4.83. The maximum absolute atomic E-state index is 10.9. The first-order chi connectivity index (χ1) is 8.99. The molecule has 0 radical (unpaired) electrons. The molecular weight excluding hydrogens is 266 g/mol. The van der Waals surface area contributed by atoms with Gasteiger partial charge in [0.15, 0.2) is 5.11 Å². The van der Waals surface area contributed by atoms with Crippen molar-refractivity contribution in [3.63, 3.8) is 0 Å². The van der Waals surface area contributed by atoms with Crippen molar-refractivity contribution in [1.29, 1.82) is 0 Å². The number of carbonyl (C=O) groups is 2. The fourth-order valence-electron chi connectivity index (χ4n) is 2.17. The van der Waals surface area contributed by atoms with E-state index in [1.54, 1.807) is 0 Å². The summed E-state index contributed by atoms with van der Waals surface area (Å²) in [6, 6.07) is -0.691. The molecule has 0 aromatic carbocycles. The molecule has 0 aliphatic heterocycles. The summed E-state index contributed by atoms with van der Waals surface area (Å²) in [6.45, 7) is 0. The molecule has 0 saturated heterocycles. The smallest absolute Gasteiger partial charge is 0.217 e. The van der Waals surface area contributed by atoms with Gasteiger partial charge >= 0.3 is 0 Å². The zero-order valence-electron chi connectivity index (χ0n) is 10.8. The van der Waals surface area contributed by atoms with Crippen LogP contribution in [0.25, 0.3) is 0 Å². The highest BCUT2D eigenvalue weighted by Gasteiger charge is 2.17. The maximum atomic E-state index is 10.9. The minimum atomic E-state index is -1.28. The number of aliphatic carboxylic acids is 1. The molecule has 108 valence electrons. The van der Waals surface area contributed by atoms with Crippen LogP contribution in [0.5, 0.6) is 0 Å². The van der Waals surface area contributed by atoms with Crippen LogP contribution in [0.3, 0.4) is 0 Å². The van der Waals surface area contributed by atoms with E-state index in [1.165, 1.54) is 6.42 Å². The molecule has 1 amide bonds. The van der Waals surface area contributed by atoms with E-state index in [1.807, 2.05) is 0 Å². The van der Waals surface area contributed by atoms with Gasteiger partial charge in [0.05, 0.1) is 12.0 Å². The lowest BCUT2D eigenvalue weighted by molar-refractivity contribution is -0.308. The summed E-state index contributed by atoms with van der Waals surface area (Å²) < 4.78 is 0. The summed E-state index contributed by atoms with van der Waals surface area (Å²) in [6.07, 6.45) is 5.69. The van der Waals surface area contributed by atoms with Crippen LogP contribution < -0.4 is 21.5 Å². The van der Waals surface area contributed by atoms with Crippen molar-refractivity contribution in [3.8, 4) is 0 Å². The van der Waals surface area contributed by atoms with Crippen LogP contribution in [-0.2, 0) is 9.59 Å². The third kappa shape index (κ3) is 6.37. The Kier molecular flexibility index (Phi) is 6.55. The summed E-state index contributed by atoms with van der Waals surface area (Å²) in [4.78, 5) is 21.6. The number of carbonyl (C=O) groups excluding carboxylic acids is 2. The van der Waals surface area contributed by atoms with Crippen molar-refractivity contribution in [2.75, 3.05) is 0 Å². The van der Waals surface area contributed by atoms with Crippen molar-refractivity contribution in [1.82, 2.24) is 10.6 Å². The monoisotopic (exact) mass is 286 g/mol. The Balaban J connectivity index is 2.37. The van der Waals surface area contributed by atoms with Crippen LogP contribution in [0.15, 0.2) is 0 Å². The van der Waals surface area contributed by atoms with Crippen molar-refractivity contribution in [3.05, 3.63) is 0 Å². The predicted octanol–water partition coefficient (Wildman–Crippen LogP) is -0.833. The lowest BCUT2D eigenvalue weighted by atomic mass is 9.96. The second-order valence-corrected chi connectivity index (χ2v) is 5.24. The second kappa shape index (κ2) is 7.93. The Bertz CT molecular complexity index is 343. The normalized spacial score (nSPS) is 17.5. The zero-order valence-corrected chi connectivity index (χ0v) is 11.6. The largest absolute Gasteiger partial charge is 0.548 e. The number of hydrogen-bond acceptors (Lipinski definition) is 4. The van der Waals surface area contributed by atoms with Crippen LogP contribution in [0.4, 0.5) is 0 Å². The number of thiocarbonyl (C=S) groups is 1. The van der Waals surface area contributed by atoms with Gasteiger partial charge in [-0.2, -0.15) is 0 Å². The number of nitrogens with one attached hydrogen (secondary N) is 2. The third-order valence-corrected chi connectivity index (χ3v) is 3.45. The zero-order chi connectivity index (χ0) is 14.3. The number of carboxylic acid groups (broad SMARTS) is 1. The van der Waals surface area contributed by atoms with E-state index < -0.39 is 17.9 Å². The number of hydrogen-bond donors (Lipinski definition) is 3. The average molecular weight is 286 g/mol. The number of amides is 1. The van der Waals surface area contributed by atoms with E-state index in [2.05, 4.69) is 10.6 Å². The molecule has 0 spiro atoms. The van der Waals surface area contributed by atoms with Gasteiger partial charge in [-0.15, -0.1) is 0 Å². The van der Waals surface area contributed by atoms with Crippen LogP contribution in [0.1, 0.15) is 44.9 Å². The lowest BCUT2D eigenvalue weighted by Gasteiger charge is -2.27. The fourth-order valence-corrected chi connectivity index (χ4v) is 2.48. The molecule has 19 heavy (non-hydrogen) atoms. The minimum absolute atomic E-state index is 0.0162. The van der Waals surface area contributed by atoms with E-state index in [0.29, 0.717) is 11.2 Å². The molecule has 4 N–H and O–H groups in total. The summed E-state index contributed by atoms with van der Waals surface area (Å²) in [5.41, 5.74) is 4.99. The van der Waals surface area contributed by atoms with Crippen molar-refractivity contribution in [2.45, 2.75) is 57.0 Å². The quantitative estimate of drug-likeness (QED) is 0.550. The number of rotatable bonds is 6. The third-order valence-electron chi connectivity index (χ3n) is 3.21. The van der Waals surface area contributed by atoms with Gasteiger partial charge in [-0.3, -0.25) is 4.79 Å². The van der Waals surface area contributed by atoms with Crippen LogP contribution >= 0.6 is 12.2 Å². The maximum Gasteiger partial charge on any atom is 0.217 e. The summed E-state index contributed by atoms with van der Waals surface area (Å²) in [5, 5.41) is 17.0. The number of primary amides is 1. The van der Waals surface area contributed by atoms with E-state index in [0.717, 1.165) is 25.7 Å². The molecule has 0 aromatic heterocycles. The Labute approximate surface area is 118 Å². The molecule has 1 aliphatic carbocycles. The Morgan fingerprint density at radius 2 is 1.95 bits per heavy atom. The van der Waals surface area contributed by atoms with Gasteiger partial charge in [0.25, 0.3) is 0 Å². The molecule has 7 heteroatoms. The van der Waals surface area contributed by atoms with E-state index in [4.69, 9.17) is 18.0 Å². The first-order valence-corrected chi connectivity index (χ1v) is 6.96. The predicted molar refractivity (Wildman–Crippen MR) is 73.0 cm³/mol. The SMILES string of the molecule is NC(=O)CC[C@@H](NC(=S)NC1CCCCC1)C(=O)[O-]. The lowest BCUT2D eigenvalue weighted by Crippen LogP contribution is -2.53. The Morgan fingerprint density at radius 3 is 2.47 bits per heavy atom. The first-order valence-electron chi connectivity index (χ1n) is 6.55. The summed E-state index contributed by atoms with van der Waals surface area (Å²) in [7, 11) is 0. The molecule has 0 unspecified atom stereocenters. The molecule has 1 atom stereocenters. The number of carboxylic acids is 1. The molecule has 1 aliphatic rings. The topological polar surface area (TPSA) is 107 Å².